The van der Waals surface area contributed by atoms with Crippen molar-refractivity contribution in [3.8, 4) is 22.4 Å². The van der Waals surface area contributed by atoms with Crippen LogP contribution < -0.4 is 4.72 Å². The van der Waals surface area contributed by atoms with E-state index in [1.54, 1.807) is 24.3 Å². The Balaban J connectivity index is 2.15. The predicted octanol–water partition coefficient (Wildman–Crippen LogP) is 3.67. The first-order valence-electron chi connectivity index (χ1n) is 6.69. The van der Waals surface area contributed by atoms with E-state index in [2.05, 4.69) is 14.9 Å². The molecule has 0 radical (unpaired) electrons. The van der Waals surface area contributed by atoms with E-state index in [1.807, 2.05) is 36.4 Å². The van der Waals surface area contributed by atoms with Crippen LogP contribution in [0, 0.1) is 0 Å². The molecule has 1 unspecified atom stereocenters. The van der Waals surface area contributed by atoms with Crippen LogP contribution >= 0.6 is 11.6 Å². The highest BCUT2D eigenvalue weighted by molar-refractivity contribution is 7.80. The van der Waals surface area contributed by atoms with Crippen molar-refractivity contribution in [1.29, 1.82) is 0 Å². The number of nitrogens with one attached hydrogen (secondary N) is 1. The van der Waals surface area contributed by atoms with Gasteiger partial charge in [-0.05, 0) is 23.8 Å². The molecule has 116 valence electrons. The number of para-hydroxylation sites is 1. The van der Waals surface area contributed by atoms with E-state index in [9.17, 15) is 8.76 Å². The maximum atomic E-state index is 11.0. The maximum absolute atomic E-state index is 11.0. The summed E-state index contributed by atoms with van der Waals surface area (Å²) in [5.74, 6) is 0. The molecule has 1 atom stereocenters. The summed E-state index contributed by atoms with van der Waals surface area (Å²) >= 11 is 3.39. The summed E-state index contributed by atoms with van der Waals surface area (Å²) in [6, 6.07) is 18.2. The van der Waals surface area contributed by atoms with Gasteiger partial charge in [0.2, 0.25) is 0 Å². The van der Waals surface area contributed by atoms with Gasteiger partial charge in [0.25, 0.3) is 0 Å². The highest BCUT2D eigenvalue weighted by atomic mass is 35.5. The van der Waals surface area contributed by atoms with Gasteiger partial charge in [-0.25, -0.2) is 0 Å². The quantitative estimate of drug-likeness (QED) is 0.732. The molecule has 0 saturated heterocycles. The lowest BCUT2D eigenvalue weighted by molar-refractivity contribution is 0.542. The first kappa shape index (κ1) is 15.6. The van der Waals surface area contributed by atoms with Gasteiger partial charge in [0.1, 0.15) is 0 Å². The molecule has 2 aromatic carbocycles. The van der Waals surface area contributed by atoms with Crippen molar-refractivity contribution in [3.05, 3.63) is 65.8 Å². The monoisotopic (exact) mass is 344 g/mol. The minimum absolute atomic E-state index is 0.315. The Morgan fingerprint density at radius 1 is 0.870 bits per heavy atom. The van der Waals surface area contributed by atoms with Crippen LogP contribution in [0.15, 0.2) is 60.7 Å². The second-order valence-electron chi connectivity index (χ2n) is 4.67. The molecule has 3 aromatic rings. The molecule has 0 spiro atoms. The van der Waals surface area contributed by atoms with Gasteiger partial charge in [0.05, 0.1) is 11.4 Å². The Hall–Kier alpha value is -2.28. The molecule has 0 bridgehead atoms. The number of rotatable bonds is 4. The van der Waals surface area contributed by atoms with Gasteiger partial charge in [0, 0.05) is 22.4 Å². The zero-order valence-corrected chi connectivity index (χ0v) is 13.3. The van der Waals surface area contributed by atoms with Gasteiger partial charge in [-0.15, -0.1) is 10.2 Å². The Morgan fingerprint density at radius 2 is 1.52 bits per heavy atom. The van der Waals surface area contributed by atoms with E-state index in [4.69, 9.17) is 11.6 Å². The van der Waals surface area contributed by atoms with Crippen LogP contribution in [0.2, 0.25) is 5.15 Å². The minimum atomic E-state index is -2.40. The van der Waals surface area contributed by atoms with Crippen LogP contribution in [0.1, 0.15) is 0 Å². The van der Waals surface area contributed by atoms with Gasteiger partial charge < -0.3 is 9.27 Å². The summed E-state index contributed by atoms with van der Waals surface area (Å²) < 4.78 is 24.4. The average molecular weight is 345 g/mol. The number of anilines is 1. The summed E-state index contributed by atoms with van der Waals surface area (Å²) in [7, 11) is 0. The maximum Gasteiger partial charge on any atom is 0.151 e. The molecular weight excluding hydrogens is 334 g/mol. The van der Waals surface area contributed by atoms with Crippen LogP contribution in [-0.2, 0) is 11.3 Å². The summed E-state index contributed by atoms with van der Waals surface area (Å²) in [5, 5.41) is 8.28. The van der Waals surface area contributed by atoms with Crippen molar-refractivity contribution in [2.24, 2.45) is 0 Å². The molecule has 0 saturated carbocycles. The number of hydrogen-bond donors (Lipinski definition) is 1. The fraction of sp³-hybridized carbons (Fsp3) is 0. The summed E-state index contributed by atoms with van der Waals surface area (Å²) in [5.41, 5.74) is 3.59. The van der Waals surface area contributed by atoms with Crippen molar-refractivity contribution < 1.29 is 8.76 Å². The van der Waals surface area contributed by atoms with Gasteiger partial charge >= 0.3 is 0 Å². The van der Waals surface area contributed by atoms with Crippen molar-refractivity contribution in [1.82, 2.24) is 10.2 Å². The minimum Gasteiger partial charge on any atom is -0.755 e. The smallest absolute Gasteiger partial charge is 0.151 e. The third-order valence-corrected chi connectivity index (χ3v) is 3.83. The fourth-order valence-electron chi connectivity index (χ4n) is 2.30. The lowest BCUT2D eigenvalue weighted by atomic mass is 9.96. The molecule has 0 fully saturated rings. The Bertz CT molecular complexity index is 856. The topological polar surface area (TPSA) is 77.9 Å². The fourth-order valence-corrected chi connectivity index (χ4v) is 2.76. The van der Waals surface area contributed by atoms with Crippen LogP contribution in [0.4, 0.5) is 5.69 Å². The van der Waals surface area contributed by atoms with Crippen LogP contribution in [-0.4, -0.2) is 19.0 Å². The van der Waals surface area contributed by atoms with Crippen molar-refractivity contribution in [2.45, 2.75) is 0 Å². The second-order valence-corrected chi connectivity index (χ2v) is 5.73. The molecule has 1 heterocycles. The number of hydrogen-bond acceptors (Lipinski definition) is 4. The molecule has 0 aliphatic heterocycles. The summed E-state index contributed by atoms with van der Waals surface area (Å²) in [4.78, 5) is 0. The van der Waals surface area contributed by atoms with Gasteiger partial charge in [0.15, 0.2) is 5.15 Å². The average Bonchev–Trinajstić information content (AvgIpc) is 2.56. The van der Waals surface area contributed by atoms with E-state index in [0.29, 0.717) is 16.5 Å². The molecule has 1 N–H and O–H groups in total. The van der Waals surface area contributed by atoms with Crippen LogP contribution in [0.3, 0.4) is 0 Å². The first-order chi connectivity index (χ1) is 11.1. The number of nitrogens with zero attached hydrogens (tertiary/aromatic N) is 2. The van der Waals surface area contributed by atoms with Crippen molar-refractivity contribution in [2.75, 3.05) is 4.72 Å². The van der Waals surface area contributed by atoms with Gasteiger partial charge in [-0.2, -0.15) is 0 Å². The number of aromatic nitrogens is 2. The first-order valence-corrected chi connectivity index (χ1v) is 8.14. The molecule has 5 nitrogen and oxygen atoms in total. The molecule has 3 rings (SSSR count). The molecule has 1 aromatic heterocycles. The van der Waals surface area contributed by atoms with Crippen LogP contribution in [0.5, 0.6) is 0 Å². The Morgan fingerprint density at radius 3 is 2.17 bits per heavy atom. The Kier molecular flexibility index (Phi) is 4.66. The number of halogens is 1. The third kappa shape index (κ3) is 3.56. The van der Waals surface area contributed by atoms with Crippen molar-refractivity contribution in [3.63, 3.8) is 0 Å². The Labute approximate surface area is 140 Å². The van der Waals surface area contributed by atoms with E-state index >= 15 is 0 Å². The lowest BCUT2D eigenvalue weighted by Gasteiger charge is -2.15. The second kappa shape index (κ2) is 6.87. The molecule has 7 heteroatoms. The summed E-state index contributed by atoms with van der Waals surface area (Å²) in [6.45, 7) is 0. The normalized spacial score (nSPS) is 11.9. The highest BCUT2D eigenvalue weighted by Crippen LogP contribution is 2.35. The molecular formula is C16H11ClN3O2S-. The van der Waals surface area contributed by atoms with E-state index < -0.39 is 11.3 Å². The molecule has 23 heavy (non-hydrogen) atoms. The molecule has 0 aliphatic rings. The zero-order valence-electron chi connectivity index (χ0n) is 11.8. The number of benzene rings is 2. The standard InChI is InChI=1S/C16H12ClN3O2S/c17-16-10-9-14(18-19-16)12-6-2-1-5-11(12)13-7-3-4-8-15(13)20-23(21)22/h1-10,20H,(H,21,22)/p-1. The molecule has 0 aliphatic carbocycles. The summed E-state index contributed by atoms with van der Waals surface area (Å²) in [6.07, 6.45) is 0. The van der Waals surface area contributed by atoms with Crippen LogP contribution in [0.25, 0.3) is 22.4 Å². The zero-order chi connectivity index (χ0) is 16.2. The largest absolute Gasteiger partial charge is 0.755 e. The molecule has 0 amide bonds. The van der Waals surface area contributed by atoms with Gasteiger partial charge in [-0.3, -0.25) is 4.21 Å². The third-order valence-electron chi connectivity index (χ3n) is 3.25. The van der Waals surface area contributed by atoms with E-state index in [-0.39, 0.29) is 0 Å². The highest BCUT2D eigenvalue weighted by Gasteiger charge is 2.11. The van der Waals surface area contributed by atoms with E-state index in [1.165, 1.54) is 0 Å². The lowest BCUT2D eigenvalue weighted by Crippen LogP contribution is -2.03. The van der Waals surface area contributed by atoms with E-state index in [0.717, 1.165) is 16.7 Å². The SMILES string of the molecule is O=S([O-])Nc1ccccc1-c1ccccc1-c1ccc(Cl)nn1. The van der Waals surface area contributed by atoms with Gasteiger partial charge in [-0.1, -0.05) is 54.1 Å². The van der Waals surface area contributed by atoms with Crippen molar-refractivity contribution >= 4 is 28.6 Å². The predicted molar refractivity (Wildman–Crippen MR) is 90.5 cm³/mol.